The average Bonchev–Trinajstić information content (AvgIpc) is 2.82. The number of aromatic hydroxyl groups is 1. The third-order valence-corrected chi connectivity index (χ3v) is 5.13. The first-order valence-electron chi connectivity index (χ1n) is 6.92. The molecule has 1 aromatic carbocycles. The zero-order valence-corrected chi connectivity index (χ0v) is 11.0. The van der Waals surface area contributed by atoms with E-state index in [0.29, 0.717) is 5.75 Å². The molecule has 3 aliphatic rings. The number of ether oxygens (including phenoxy) is 1. The van der Waals surface area contributed by atoms with Crippen LogP contribution in [-0.4, -0.2) is 21.3 Å². The molecule has 2 unspecified atom stereocenters. The van der Waals surface area contributed by atoms with E-state index in [9.17, 15) is 10.3 Å². The van der Waals surface area contributed by atoms with Gasteiger partial charge in [-0.1, -0.05) is 18.6 Å². The van der Waals surface area contributed by atoms with Crippen LogP contribution in [0.25, 0.3) is 0 Å². The van der Waals surface area contributed by atoms with Crippen molar-refractivity contribution in [3.8, 4) is 11.5 Å². The molecule has 1 N–H and O–H groups in total. The number of hydroxylamine groups is 1. The maximum Gasteiger partial charge on any atom is 0.326 e. The summed E-state index contributed by atoms with van der Waals surface area (Å²) >= 11 is 0. The van der Waals surface area contributed by atoms with Gasteiger partial charge in [0.15, 0.2) is 17.2 Å². The Labute approximate surface area is 111 Å². The number of hydrogen-bond donors (Lipinski definition) is 1. The molecule has 0 bridgehead atoms. The fourth-order valence-corrected chi connectivity index (χ4v) is 4.37. The molecule has 0 aromatic heterocycles. The number of benzene rings is 1. The monoisotopic (exact) mass is 259 g/mol. The van der Waals surface area contributed by atoms with Gasteiger partial charge in [0.05, 0.1) is 6.42 Å². The molecule has 0 spiro atoms. The number of rotatable bonds is 0. The quantitative estimate of drug-likeness (QED) is 0.575. The summed E-state index contributed by atoms with van der Waals surface area (Å²) in [6.45, 7) is 1.89. The van der Waals surface area contributed by atoms with Gasteiger partial charge in [-0.3, -0.25) is 0 Å². The van der Waals surface area contributed by atoms with E-state index in [1.165, 1.54) is 0 Å². The Kier molecular flexibility index (Phi) is 1.90. The predicted molar refractivity (Wildman–Crippen MR) is 70.5 cm³/mol. The molecule has 4 nitrogen and oxygen atoms in total. The Morgan fingerprint density at radius 2 is 2.11 bits per heavy atom. The van der Waals surface area contributed by atoms with Crippen LogP contribution in [0.4, 0.5) is 0 Å². The lowest BCUT2D eigenvalue weighted by molar-refractivity contribution is -0.602. The van der Waals surface area contributed by atoms with Crippen molar-refractivity contribution >= 4 is 5.71 Å². The Balaban J connectivity index is 2.01. The Bertz CT molecular complexity index is 609. The van der Waals surface area contributed by atoms with Gasteiger partial charge in [-0.15, -0.1) is 0 Å². The number of nitrogens with zero attached hydrogens (tertiary/aromatic N) is 1. The van der Waals surface area contributed by atoms with Crippen molar-refractivity contribution < 1.29 is 14.6 Å². The first-order chi connectivity index (χ1) is 9.11. The zero-order valence-electron chi connectivity index (χ0n) is 11.0. The van der Waals surface area contributed by atoms with Crippen molar-refractivity contribution in [3.05, 3.63) is 29.0 Å². The minimum atomic E-state index is -0.809. The first kappa shape index (κ1) is 11.1. The van der Waals surface area contributed by atoms with Gasteiger partial charge in [0.25, 0.3) is 0 Å². The number of phenols is 1. The molecule has 1 aromatic rings. The van der Waals surface area contributed by atoms with E-state index in [-0.39, 0.29) is 11.2 Å². The third-order valence-electron chi connectivity index (χ3n) is 5.13. The molecule has 1 aliphatic carbocycles. The highest BCUT2D eigenvalue weighted by molar-refractivity contribution is 5.82. The van der Waals surface area contributed by atoms with Gasteiger partial charge < -0.3 is 15.1 Å². The topological polar surface area (TPSA) is 55.5 Å². The van der Waals surface area contributed by atoms with Crippen molar-refractivity contribution in [1.29, 1.82) is 0 Å². The molecule has 0 amide bonds. The summed E-state index contributed by atoms with van der Waals surface area (Å²) in [5.74, 6) is 0.677. The lowest BCUT2D eigenvalue weighted by atomic mass is 9.64. The van der Waals surface area contributed by atoms with E-state index in [1.54, 1.807) is 6.07 Å². The molecule has 19 heavy (non-hydrogen) atoms. The second-order valence-electron chi connectivity index (χ2n) is 6.04. The first-order valence-corrected chi connectivity index (χ1v) is 6.92. The number of hydrogen-bond acceptors (Lipinski definition) is 3. The summed E-state index contributed by atoms with van der Waals surface area (Å²) in [4.78, 5) is 0. The summed E-state index contributed by atoms with van der Waals surface area (Å²) in [6, 6.07) is 5.49. The number of fused-ring (bicyclic) bond motifs is 1. The predicted octanol–water partition coefficient (Wildman–Crippen LogP) is 2.67. The standard InChI is InChI=1S/C15H17NO3/c1-10-9-14-7-2-3-8-15(14,16(10)18)19-13-11(14)5-4-6-12(13)17/h4-6,17H,2-3,7-9H2,1H3. The molecule has 4 rings (SSSR count). The van der Waals surface area contributed by atoms with E-state index in [2.05, 4.69) is 0 Å². The summed E-state index contributed by atoms with van der Waals surface area (Å²) in [5, 5.41) is 22.6. The highest BCUT2D eigenvalue weighted by Crippen LogP contribution is 2.62. The molecule has 1 fully saturated rings. The van der Waals surface area contributed by atoms with Gasteiger partial charge in [-0.2, -0.15) is 4.74 Å². The average molecular weight is 259 g/mol. The highest BCUT2D eigenvalue weighted by Gasteiger charge is 2.72. The zero-order chi connectivity index (χ0) is 13.3. The molecule has 2 atom stereocenters. The maximum atomic E-state index is 12.6. The fraction of sp³-hybridized carbons (Fsp3) is 0.533. The molecule has 1 saturated carbocycles. The second kappa shape index (κ2) is 3.24. The SMILES string of the molecule is CC1=[N+]([O-])C23CCCCC2(C1)c1cccc(O)c1O3. The van der Waals surface area contributed by atoms with Crippen LogP contribution in [0.15, 0.2) is 18.2 Å². The van der Waals surface area contributed by atoms with Crippen LogP contribution >= 0.6 is 0 Å². The molecule has 2 heterocycles. The van der Waals surface area contributed by atoms with E-state index in [0.717, 1.165) is 48.1 Å². The number of para-hydroxylation sites is 1. The van der Waals surface area contributed by atoms with Crippen LogP contribution in [0.1, 0.15) is 44.6 Å². The third kappa shape index (κ3) is 1.05. The molecular formula is C15H17NO3. The van der Waals surface area contributed by atoms with Crippen LogP contribution < -0.4 is 4.74 Å². The molecule has 100 valence electrons. The fourth-order valence-electron chi connectivity index (χ4n) is 4.37. The summed E-state index contributed by atoms with van der Waals surface area (Å²) < 4.78 is 7.14. The summed E-state index contributed by atoms with van der Waals surface area (Å²) in [6.07, 6.45) is 4.55. The van der Waals surface area contributed by atoms with Crippen molar-refractivity contribution in [2.75, 3.05) is 0 Å². The molecule has 2 aliphatic heterocycles. The van der Waals surface area contributed by atoms with Gasteiger partial charge >= 0.3 is 5.72 Å². The van der Waals surface area contributed by atoms with Crippen molar-refractivity contribution in [2.24, 2.45) is 0 Å². The minimum Gasteiger partial charge on any atom is -0.621 e. The van der Waals surface area contributed by atoms with E-state index < -0.39 is 5.72 Å². The smallest absolute Gasteiger partial charge is 0.326 e. The lowest BCUT2D eigenvalue weighted by Crippen LogP contribution is -2.55. The number of phenolic OH excluding ortho intramolecular Hbond substituents is 1. The van der Waals surface area contributed by atoms with Crippen molar-refractivity contribution in [1.82, 2.24) is 0 Å². The van der Waals surface area contributed by atoms with Gasteiger partial charge in [-0.05, 0) is 18.9 Å². The van der Waals surface area contributed by atoms with Crippen LogP contribution in [0.3, 0.4) is 0 Å². The normalized spacial score (nSPS) is 35.6. The lowest BCUT2D eigenvalue weighted by Gasteiger charge is -2.39. The van der Waals surface area contributed by atoms with E-state index in [4.69, 9.17) is 4.74 Å². The summed E-state index contributed by atoms with van der Waals surface area (Å²) in [5.41, 5.74) is 0.794. The largest absolute Gasteiger partial charge is 0.621 e. The summed E-state index contributed by atoms with van der Waals surface area (Å²) in [7, 11) is 0. The van der Waals surface area contributed by atoms with Gasteiger partial charge in [0.1, 0.15) is 5.41 Å². The van der Waals surface area contributed by atoms with Crippen molar-refractivity contribution in [3.63, 3.8) is 0 Å². The van der Waals surface area contributed by atoms with Crippen molar-refractivity contribution in [2.45, 2.75) is 50.2 Å². The minimum absolute atomic E-state index is 0.151. The molecular weight excluding hydrogens is 242 g/mol. The van der Waals surface area contributed by atoms with Gasteiger partial charge in [0.2, 0.25) is 0 Å². The van der Waals surface area contributed by atoms with Crippen LogP contribution in [0, 0.1) is 5.21 Å². The molecule has 0 saturated heterocycles. The van der Waals surface area contributed by atoms with Crippen LogP contribution in [0.2, 0.25) is 0 Å². The second-order valence-corrected chi connectivity index (χ2v) is 6.04. The highest BCUT2D eigenvalue weighted by atomic mass is 16.6. The Hall–Kier alpha value is -1.71. The Morgan fingerprint density at radius 3 is 2.95 bits per heavy atom. The molecule has 4 heteroatoms. The van der Waals surface area contributed by atoms with Gasteiger partial charge in [-0.25, -0.2) is 0 Å². The van der Waals surface area contributed by atoms with E-state index >= 15 is 0 Å². The van der Waals surface area contributed by atoms with Crippen LogP contribution in [0.5, 0.6) is 11.5 Å². The Morgan fingerprint density at radius 1 is 1.32 bits per heavy atom. The maximum absolute atomic E-state index is 12.6. The van der Waals surface area contributed by atoms with E-state index in [1.807, 2.05) is 19.1 Å². The van der Waals surface area contributed by atoms with Crippen LogP contribution in [-0.2, 0) is 5.41 Å². The van der Waals surface area contributed by atoms with Gasteiger partial charge in [0, 0.05) is 18.9 Å². The molecule has 0 radical (unpaired) electrons.